The highest BCUT2D eigenvalue weighted by Crippen LogP contribution is 2.33. The number of hydrogen-bond acceptors (Lipinski definition) is 3. The summed E-state index contributed by atoms with van der Waals surface area (Å²) in [6.07, 6.45) is 1.04. The van der Waals surface area contributed by atoms with Crippen molar-refractivity contribution in [2.75, 3.05) is 0 Å². The number of hydrogen-bond donors (Lipinski definition) is 1. The Morgan fingerprint density at radius 1 is 1.19 bits per heavy atom. The Balaban J connectivity index is 2.28. The first-order valence-corrected chi connectivity index (χ1v) is 7.38. The Morgan fingerprint density at radius 3 is 2.43 bits per heavy atom. The molecule has 0 radical (unpaired) electrons. The van der Waals surface area contributed by atoms with E-state index in [-0.39, 0.29) is 0 Å². The molecule has 2 aromatic rings. The van der Waals surface area contributed by atoms with Crippen molar-refractivity contribution in [1.82, 2.24) is 4.98 Å². The quantitative estimate of drug-likeness (QED) is 0.863. The van der Waals surface area contributed by atoms with Crippen LogP contribution >= 0.6 is 11.6 Å². The first-order chi connectivity index (χ1) is 9.88. The van der Waals surface area contributed by atoms with Crippen LogP contribution in [0.3, 0.4) is 0 Å². The van der Waals surface area contributed by atoms with E-state index in [1.165, 1.54) is 0 Å². The molecular weight excluding hydrogens is 286 g/mol. The molecular formula is C17H20ClNO2. The van der Waals surface area contributed by atoms with E-state index in [1.54, 1.807) is 25.3 Å². The average Bonchev–Trinajstić information content (AvgIpc) is 2.42. The SMILES string of the molecule is Cc1cc(Cl)c(C(C)C)cc1Oc1ccc([C@@H](C)O)nc1. The Labute approximate surface area is 130 Å². The van der Waals surface area contributed by atoms with Gasteiger partial charge in [0.1, 0.15) is 11.5 Å². The van der Waals surface area contributed by atoms with Crippen molar-refractivity contribution in [3.63, 3.8) is 0 Å². The van der Waals surface area contributed by atoms with Crippen LogP contribution in [-0.2, 0) is 0 Å². The second-order valence-electron chi connectivity index (χ2n) is 5.49. The molecule has 0 bridgehead atoms. The molecule has 112 valence electrons. The topological polar surface area (TPSA) is 42.4 Å². The lowest BCUT2D eigenvalue weighted by Gasteiger charge is -2.14. The van der Waals surface area contributed by atoms with Gasteiger partial charge in [0, 0.05) is 5.02 Å². The van der Waals surface area contributed by atoms with E-state index in [2.05, 4.69) is 18.8 Å². The molecule has 1 N–H and O–H groups in total. The maximum absolute atomic E-state index is 9.46. The summed E-state index contributed by atoms with van der Waals surface area (Å²) in [4.78, 5) is 4.18. The largest absolute Gasteiger partial charge is 0.455 e. The number of pyridine rings is 1. The molecule has 0 fully saturated rings. The van der Waals surface area contributed by atoms with E-state index in [9.17, 15) is 5.11 Å². The van der Waals surface area contributed by atoms with Gasteiger partial charge >= 0.3 is 0 Å². The monoisotopic (exact) mass is 305 g/mol. The summed E-state index contributed by atoms with van der Waals surface area (Å²) < 4.78 is 5.89. The van der Waals surface area contributed by atoms with Gasteiger partial charge in [-0.05, 0) is 55.2 Å². The predicted molar refractivity (Wildman–Crippen MR) is 85.2 cm³/mol. The van der Waals surface area contributed by atoms with Gasteiger partial charge in [-0.15, -0.1) is 0 Å². The fourth-order valence-corrected chi connectivity index (χ4v) is 2.48. The fourth-order valence-electron chi connectivity index (χ4n) is 2.05. The molecule has 0 unspecified atom stereocenters. The molecule has 0 aliphatic carbocycles. The maximum Gasteiger partial charge on any atom is 0.145 e. The highest BCUT2D eigenvalue weighted by Gasteiger charge is 2.11. The van der Waals surface area contributed by atoms with Gasteiger partial charge in [-0.25, -0.2) is 0 Å². The summed E-state index contributed by atoms with van der Waals surface area (Å²) in [5.74, 6) is 1.74. The van der Waals surface area contributed by atoms with Crippen LogP contribution in [0.15, 0.2) is 30.5 Å². The molecule has 2 rings (SSSR count). The predicted octanol–water partition coefficient (Wildman–Crippen LogP) is 5.01. The van der Waals surface area contributed by atoms with Gasteiger partial charge < -0.3 is 9.84 Å². The number of rotatable bonds is 4. The Bertz CT molecular complexity index is 621. The number of halogens is 1. The van der Waals surface area contributed by atoms with Gasteiger partial charge in [0.2, 0.25) is 0 Å². The third-order valence-corrected chi connectivity index (χ3v) is 3.66. The number of benzene rings is 1. The van der Waals surface area contributed by atoms with Gasteiger partial charge in [-0.3, -0.25) is 4.98 Å². The van der Waals surface area contributed by atoms with Gasteiger partial charge in [0.25, 0.3) is 0 Å². The highest BCUT2D eigenvalue weighted by molar-refractivity contribution is 6.31. The van der Waals surface area contributed by atoms with Crippen molar-refractivity contribution in [3.05, 3.63) is 52.3 Å². The van der Waals surface area contributed by atoms with Gasteiger partial charge in [0.05, 0.1) is 18.0 Å². The van der Waals surface area contributed by atoms with E-state index < -0.39 is 6.10 Å². The van der Waals surface area contributed by atoms with Crippen LogP contribution in [0.5, 0.6) is 11.5 Å². The number of aromatic nitrogens is 1. The average molecular weight is 306 g/mol. The minimum Gasteiger partial charge on any atom is -0.455 e. The summed E-state index contributed by atoms with van der Waals surface area (Å²) >= 11 is 6.26. The van der Waals surface area contributed by atoms with Crippen LogP contribution in [-0.4, -0.2) is 10.1 Å². The standard InChI is InChI=1S/C17H20ClNO2/c1-10(2)14-8-17(11(3)7-15(14)18)21-13-5-6-16(12(4)20)19-9-13/h5-10,12,20H,1-4H3/t12-/m1/s1. The molecule has 4 heteroatoms. The maximum atomic E-state index is 9.46. The summed E-state index contributed by atoms with van der Waals surface area (Å²) in [5, 5.41) is 10.2. The van der Waals surface area contributed by atoms with Crippen molar-refractivity contribution in [2.45, 2.75) is 39.7 Å². The van der Waals surface area contributed by atoms with E-state index in [4.69, 9.17) is 16.3 Å². The molecule has 0 saturated heterocycles. The van der Waals surface area contributed by atoms with Gasteiger partial charge in [0.15, 0.2) is 0 Å². The molecule has 1 aromatic carbocycles. The highest BCUT2D eigenvalue weighted by atomic mass is 35.5. The normalized spacial score (nSPS) is 12.5. The summed E-state index contributed by atoms with van der Waals surface area (Å²) in [5.41, 5.74) is 2.66. The van der Waals surface area contributed by atoms with Crippen LogP contribution in [0, 0.1) is 6.92 Å². The molecule has 1 heterocycles. The van der Waals surface area contributed by atoms with Crippen molar-refractivity contribution in [3.8, 4) is 11.5 Å². The first-order valence-electron chi connectivity index (χ1n) is 7.00. The third-order valence-electron chi connectivity index (χ3n) is 3.33. The van der Waals surface area contributed by atoms with Crippen LogP contribution in [0.1, 0.15) is 49.6 Å². The lowest BCUT2D eigenvalue weighted by molar-refractivity contribution is 0.194. The second-order valence-corrected chi connectivity index (χ2v) is 5.90. The lowest BCUT2D eigenvalue weighted by Crippen LogP contribution is -1.97. The van der Waals surface area contributed by atoms with Gasteiger partial charge in [-0.2, -0.15) is 0 Å². The van der Waals surface area contributed by atoms with E-state index in [0.717, 1.165) is 21.9 Å². The van der Waals surface area contributed by atoms with Crippen molar-refractivity contribution >= 4 is 11.6 Å². The minimum absolute atomic E-state index is 0.330. The number of aliphatic hydroxyl groups is 1. The summed E-state index contributed by atoms with van der Waals surface area (Å²) in [7, 11) is 0. The first kappa shape index (κ1) is 15.8. The third kappa shape index (κ3) is 3.74. The Hall–Kier alpha value is -1.58. The summed E-state index contributed by atoms with van der Waals surface area (Å²) in [6.45, 7) is 7.84. The zero-order valence-corrected chi connectivity index (χ0v) is 13.5. The number of ether oxygens (including phenoxy) is 1. The van der Waals surface area contributed by atoms with Crippen LogP contribution in [0.2, 0.25) is 5.02 Å². The Morgan fingerprint density at radius 2 is 1.90 bits per heavy atom. The molecule has 3 nitrogen and oxygen atoms in total. The van der Waals surface area contributed by atoms with E-state index in [0.29, 0.717) is 17.4 Å². The number of aryl methyl sites for hydroxylation is 1. The van der Waals surface area contributed by atoms with Crippen LogP contribution in [0.4, 0.5) is 0 Å². The molecule has 21 heavy (non-hydrogen) atoms. The molecule has 0 saturated carbocycles. The zero-order chi connectivity index (χ0) is 15.6. The fraction of sp³-hybridized carbons (Fsp3) is 0.353. The smallest absolute Gasteiger partial charge is 0.145 e. The molecule has 1 aromatic heterocycles. The van der Waals surface area contributed by atoms with E-state index >= 15 is 0 Å². The molecule has 0 aliphatic heterocycles. The van der Waals surface area contributed by atoms with Crippen molar-refractivity contribution < 1.29 is 9.84 Å². The Kier molecular flexibility index (Phi) is 4.86. The van der Waals surface area contributed by atoms with Crippen LogP contribution < -0.4 is 4.74 Å². The number of aliphatic hydroxyl groups excluding tert-OH is 1. The second kappa shape index (κ2) is 6.46. The van der Waals surface area contributed by atoms with Gasteiger partial charge in [-0.1, -0.05) is 25.4 Å². The molecule has 1 atom stereocenters. The lowest BCUT2D eigenvalue weighted by atomic mass is 10.0. The minimum atomic E-state index is -0.580. The van der Waals surface area contributed by atoms with E-state index in [1.807, 2.05) is 19.1 Å². The van der Waals surface area contributed by atoms with Crippen molar-refractivity contribution in [1.29, 1.82) is 0 Å². The zero-order valence-electron chi connectivity index (χ0n) is 12.7. The summed E-state index contributed by atoms with van der Waals surface area (Å²) in [6, 6.07) is 7.46. The molecule has 0 amide bonds. The molecule has 0 aliphatic rings. The molecule has 0 spiro atoms. The number of nitrogens with zero attached hydrogens (tertiary/aromatic N) is 1. The van der Waals surface area contributed by atoms with Crippen LogP contribution in [0.25, 0.3) is 0 Å². The van der Waals surface area contributed by atoms with Crippen molar-refractivity contribution in [2.24, 2.45) is 0 Å².